The second-order valence-corrected chi connectivity index (χ2v) is 9.06. The Balaban J connectivity index is 1.52. The predicted octanol–water partition coefficient (Wildman–Crippen LogP) is 3.36. The summed E-state index contributed by atoms with van der Waals surface area (Å²) in [5.41, 5.74) is 0.917. The molecule has 0 spiro atoms. The zero-order valence-electron chi connectivity index (χ0n) is 15.5. The van der Waals surface area contributed by atoms with E-state index in [0.29, 0.717) is 25.5 Å². The van der Waals surface area contributed by atoms with Crippen LogP contribution in [-0.4, -0.2) is 46.9 Å². The lowest BCUT2D eigenvalue weighted by molar-refractivity contribution is -0.00266. The van der Waals surface area contributed by atoms with Crippen LogP contribution in [-0.2, 0) is 15.7 Å². The second kappa shape index (κ2) is 9.74. The topological polar surface area (TPSA) is 95.9 Å². The minimum Gasteiger partial charge on any atom is -0.478 e. The predicted molar refractivity (Wildman–Crippen MR) is 103 cm³/mol. The van der Waals surface area contributed by atoms with Crippen molar-refractivity contribution in [3.8, 4) is 0 Å². The maximum atomic E-state index is 11.9. The van der Waals surface area contributed by atoms with Gasteiger partial charge in [0.2, 0.25) is 5.66 Å². The molecule has 0 amide bonds. The van der Waals surface area contributed by atoms with E-state index in [0.717, 1.165) is 24.8 Å². The zero-order valence-corrected chi connectivity index (χ0v) is 16.4. The van der Waals surface area contributed by atoms with E-state index >= 15 is 0 Å². The third-order valence-corrected chi connectivity index (χ3v) is 6.90. The fourth-order valence-corrected chi connectivity index (χ4v) is 5.24. The molecule has 27 heavy (non-hydrogen) atoms. The molecule has 2 unspecified atom stereocenters. The molecule has 6 nitrogen and oxygen atoms in total. The molecule has 0 bridgehead atoms. The molecule has 1 heterocycles. The van der Waals surface area contributed by atoms with Gasteiger partial charge in [0.25, 0.3) is 0 Å². The van der Waals surface area contributed by atoms with Crippen LogP contribution in [0.25, 0.3) is 0 Å². The molecule has 1 aromatic rings. The van der Waals surface area contributed by atoms with Crippen molar-refractivity contribution in [3.63, 3.8) is 0 Å². The van der Waals surface area contributed by atoms with Gasteiger partial charge in [0.15, 0.2) is 0 Å². The Morgan fingerprint density at radius 1 is 1.30 bits per heavy atom. The van der Waals surface area contributed by atoms with Crippen molar-refractivity contribution in [1.82, 2.24) is 5.32 Å². The quantitative estimate of drug-likeness (QED) is 0.614. The summed E-state index contributed by atoms with van der Waals surface area (Å²) in [5.74, 6) is -0.392. The highest BCUT2D eigenvalue weighted by atomic mass is 31.1. The van der Waals surface area contributed by atoms with Crippen LogP contribution in [0.2, 0.25) is 0 Å². The van der Waals surface area contributed by atoms with Gasteiger partial charge in [-0.3, -0.25) is 0 Å². The first-order chi connectivity index (χ1) is 13.0. The molecule has 0 radical (unpaired) electrons. The Kier molecular flexibility index (Phi) is 7.36. The first-order valence-corrected chi connectivity index (χ1v) is 11.1. The van der Waals surface area contributed by atoms with E-state index in [2.05, 4.69) is 5.32 Å². The van der Waals surface area contributed by atoms with E-state index < -0.39 is 14.0 Å². The molecular weight excluding hydrogens is 365 g/mol. The normalized spacial score (nSPS) is 25.7. The first-order valence-electron chi connectivity index (χ1n) is 9.85. The Bertz CT molecular complexity index is 654. The van der Waals surface area contributed by atoms with Gasteiger partial charge in [-0.25, -0.2) is 4.79 Å². The van der Waals surface area contributed by atoms with Crippen molar-refractivity contribution >= 4 is 14.0 Å². The smallest absolute Gasteiger partial charge is 0.478 e. The standard InChI is InChI=1S/C20H28NO5P/c22-20(23)16-8-4-7-15(9-16)10-17-13-26-18(12-21-17)19(27(24)25)11-14-5-2-1-3-6-14/h4,7-9,14,17-19,21H,1-3,5-6,10-13H2,(H-,22,23,24,25)/p+1/t17-,18-,19?/m1/s1. The zero-order chi connectivity index (χ0) is 19.2. The monoisotopic (exact) mass is 394 g/mol. The number of hydrogen-bond acceptors (Lipinski definition) is 4. The summed E-state index contributed by atoms with van der Waals surface area (Å²) in [5, 5.41) is 12.5. The summed E-state index contributed by atoms with van der Waals surface area (Å²) in [6.45, 7) is 1.02. The number of aromatic carboxylic acids is 1. The Hall–Kier alpha value is -1.33. The summed E-state index contributed by atoms with van der Waals surface area (Å²) < 4.78 is 17.9. The Morgan fingerprint density at radius 3 is 2.70 bits per heavy atom. The molecule has 1 aliphatic carbocycles. The summed E-state index contributed by atoms with van der Waals surface area (Å²) in [6.07, 6.45) is 7.24. The summed E-state index contributed by atoms with van der Waals surface area (Å²) in [4.78, 5) is 20.9. The van der Waals surface area contributed by atoms with Crippen LogP contribution in [0.4, 0.5) is 0 Å². The highest BCUT2D eigenvalue weighted by molar-refractivity contribution is 7.39. The number of carboxylic acids is 1. The number of nitrogens with one attached hydrogen (secondary N) is 1. The third kappa shape index (κ3) is 5.82. The van der Waals surface area contributed by atoms with Crippen LogP contribution >= 0.6 is 8.03 Å². The molecule has 2 aliphatic rings. The molecule has 1 saturated carbocycles. The second-order valence-electron chi connectivity index (χ2n) is 7.80. The molecule has 2 fully saturated rings. The van der Waals surface area contributed by atoms with Crippen molar-refractivity contribution < 1.29 is 24.1 Å². The minimum atomic E-state index is -2.27. The van der Waals surface area contributed by atoms with Gasteiger partial charge in [0, 0.05) is 19.0 Å². The molecule has 1 saturated heterocycles. The van der Waals surface area contributed by atoms with Gasteiger partial charge in [-0.15, -0.1) is 0 Å². The SMILES string of the molecule is O=C(O)c1cccc(C[C@@H]2CO[C@@H](C(CC3CCCCC3)[P+](=O)O)CN2)c1. The van der Waals surface area contributed by atoms with Crippen molar-refractivity contribution in [2.45, 2.75) is 62.8 Å². The van der Waals surface area contributed by atoms with Crippen molar-refractivity contribution in [1.29, 1.82) is 0 Å². The number of carbonyl (C=O) groups is 1. The van der Waals surface area contributed by atoms with Crippen LogP contribution in [0, 0.1) is 5.92 Å². The van der Waals surface area contributed by atoms with Crippen LogP contribution in [0.1, 0.15) is 54.4 Å². The van der Waals surface area contributed by atoms with Gasteiger partial charge in [0.05, 0.1) is 12.2 Å². The summed E-state index contributed by atoms with van der Waals surface area (Å²) in [6, 6.07) is 7.02. The van der Waals surface area contributed by atoms with Crippen molar-refractivity contribution in [3.05, 3.63) is 35.4 Å². The van der Waals surface area contributed by atoms with Gasteiger partial charge in [-0.1, -0.05) is 44.2 Å². The minimum absolute atomic E-state index is 0.0807. The number of carboxylic acid groups (broad SMARTS) is 1. The van der Waals surface area contributed by atoms with E-state index in [4.69, 9.17) is 9.84 Å². The van der Waals surface area contributed by atoms with E-state index in [1.54, 1.807) is 18.2 Å². The van der Waals surface area contributed by atoms with Crippen LogP contribution in [0.5, 0.6) is 0 Å². The van der Waals surface area contributed by atoms with Gasteiger partial charge in [-0.2, -0.15) is 4.89 Å². The fourth-order valence-electron chi connectivity index (χ4n) is 4.28. The lowest BCUT2D eigenvalue weighted by Crippen LogP contribution is -2.51. The first kappa shape index (κ1) is 20.4. The number of morpholine rings is 1. The number of benzene rings is 1. The number of rotatable bonds is 7. The molecule has 3 N–H and O–H groups in total. The van der Waals surface area contributed by atoms with Crippen LogP contribution < -0.4 is 5.32 Å². The lowest BCUT2D eigenvalue weighted by Gasteiger charge is -2.32. The van der Waals surface area contributed by atoms with Crippen LogP contribution in [0.3, 0.4) is 0 Å². The van der Waals surface area contributed by atoms with Gasteiger partial charge >= 0.3 is 14.0 Å². The van der Waals surface area contributed by atoms with Crippen molar-refractivity contribution in [2.24, 2.45) is 5.92 Å². The van der Waals surface area contributed by atoms with Crippen molar-refractivity contribution in [2.75, 3.05) is 13.2 Å². The van der Waals surface area contributed by atoms with E-state index in [9.17, 15) is 14.3 Å². The molecule has 1 aliphatic heterocycles. The van der Waals surface area contributed by atoms with E-state index in [1.807, 2.05) is 6.07 Å². The largest absolute Gasteiger partial charge is 0.511 e. The third-order valence-electron chi connectivity index (χ3n) is 5.79. The molecular formula is C20H29NO5P+. The molecule has 0 aromatic heterocycles. The number of ether oxygens (including phenoxy) is 1. The lowest BCUT2D eigenvalue weighted by atomic mass is 9.85. The highest BCUT2D eigenvalue weighted by Crippen LogP contribution is 2.37. The number of hydrogen-bond donors (Lipinski definition) is 3. The molecule has 1 aromatic carbocycles. The maximum absolute atomic E-state index is 11.9. The Labute approximate surface area is 161 Å². The Morgan fingerprint density at radius 2 is 2.07 bits per heavy atom. The average Bonchev–Trinajstić information content (AvgIpc) is 2.68. The maximum Gasteiger partial charge on any atom is 0.511 e. The van der Waals surface area contributed by atoms with E-state index in [1.165, 1.54) is 19.3 Å². The van der Waals surface area contributed by atoms with Crippen LogP contribution in [0.15, 0.2) is 24.3 Å². The molecule has 3 rings (SSSR count). The van der Waals surface area contributed by atoms with Gasteiger partial charge in [0.1, 0.15) is 6.10 Å². The molecule has 148 valence electrons. The summed E-state index contributed by atoms with van der Waals surface area (Å²) >= 11 is 0. The summed E-state index contributed by atoms with van der Waals surface area (Å²) in [7, 11) is -2.27. The fraction of sp³-hybridized carbons (Fsp3) is 0.650. The average molecular weight is 394 g/mol. The molecule has 4 atom stereocenters. The van der Waals surface area contributed by atoms with Gasteiger partial charge in [-0.05, 0) is 34.6 Å². The van der Waals surface area contributed by atoms with Gasteiger partial charge < -0.3 is 15.2 Å². The highest BCUT2D eigenvalue weighted by Gasteiger charge is 2.42. The molecule has 7 heteroatoms. The van der Waals surface area contributed by atoms with E-state index in [-0.39, 0.29) is 23.4 Å².